The highest BCUT2D eigenvalue weighted by atomic mass is 16.5. The van der Waals surface area contributed by atoms with Crippen molar-refractivity contribution in [3.63, 3.8) is 0 Å². The van der Waals surface area contributed by atoms with Gasteiger partial charge in [0.1, 0.15) is 12.3 Å². The average Bonchev–Trinajstić information content (AvgIpc) is 3.09. The van der Waals surface area contributed by atoms with E-state index < -0.39 is 0 Å². The molecule has 0 aliphatic rings. The Morgan fingerprint density at radius 2 is 1.93 bits per heavy atom. The van der Waals surface area contributed by atoms with E-state index in [4.69, 9.17) is 9.26 Å². The summed E-state index contributed by atoms with van der Waals surface area (Å²) in [5, 5.41) is 9.20. The molecule has 28 heavy (non-hydrogen) atoms. The van der Waals surface area contributed by atoms with Gasteiger partial charge in [-0.3, -0.25) is 4.79 Å². The lowest BCUT2D eigenvalue weighted by Crippen LogP contribution is -2.41. The lowest BCUT2D eigenvalue weighted by molar-refractivity contribution is -0.116. The number of hydrogen-bond donors (Lipinski definition) is 2. The van der Waals surface area contributed by atoms with E-state index in [1.807, 2.05) is 31.2 Å². The van der Waals surface area contributed by atoms with Gasteiger partial charge in [-0.15, -0.1) is 0 Å². The Kier molecular flexibility index (Phi) is 8.48. The zero-order chi connectivity index (χ0) is 20.4. The van der Waals surface area contributed by atoms with Crippen molar-refractivity contribution in [1.29, 1.82) is 0 Å². The first-order valence-electron chi connectivity index (χ1n) is 9.47. The second-order valence-corrected chi connectivity index (χ2v) is 6.32. The zero-order valence-electron chi connectivity index (χ0n) is 16.7. The SMILES string of the molecule is CCOCCCN(CC(=O)Nc1cc(C)on1)C(=O)Nc1ccc(CC)cc1. The highest BCUT2D eigenvalue weighted by molar-refractivity contribution is 5.96. The molecule has 8 nitrogen and oxygen atoms in total. The van der Waals surface area contributed by atoms with Crippen molar-refractivity contribution in [2.24, 2.45) is 0 Å². The number of rotatable bonds is 10. The number of amides is 3. The first kappa shape index (κ1) is 21.4. The number of carbonyl (C=O) groups is 2. The monoisotopic (exact) mass is 388 g/mol. The normalized spacial score (nSPS) is 10.5. The van der Waals surface area contributed by atoms with E-state index in [1.54, 1.807) is 13.0 Å². The van der Waals surface area contributed by atoms with Crippen LogP contribution in [0.4, 0.5) is 16.3 Å². The Bertz CT molecular complexity index is 758. The molecule has 152 valence electrons. The predicted molar refractivity (Wildman–Crippen MR) is 107 cm³/mol. The van der Waals surface area contributed by atoms with E-state index in [0.29, 0.717) is 43.4 Å². The highest BCUT2D eigenvalue weighted by Gasteiger charge is 2.18. The summed E-state index contributed by atoms with van der Waals surface area (Å²) >= 11 is 0. The Hall–Kier alpha value is -2.87. The number of aryl methyl sites for hydroxylation is 2. The quantitative estimate of drug-likeness (QED) is 0.608. The lowest BCUT2D eigenvalue weighted by atomic mass is 10.1. The van der Waals surface area contributed by atoms with Gasteiger partial charge in [0.2, 0.25) is 5.91 Å². The third-order valence-corrected chi connectivity index (χ3v) is 4.05. The van der Waals surface area contributed by atoms with E-state index in [1.165, 1.54) is 10.5 Å². The second kappa shape index (κ2) is 11.1. The molecule has 0 saturated carbocycles. The van der Waals surface area contributed by atoms with Gasteiger partial charge in [-0.25, -0.2) is 4.79 Å². The van der Waals surface area contributed by atoms with Crippen LogP contribution in [0, 0.1) is 6.92 Å². The molecule has 2 rings (SSSR count). The van der Waals surface area contributed by atoms with Gasteiger partial charge in [0.05, 0.1) is 0 Å². The van der Waals surface area contributed by atoms with Crippen LogP contribution in [0.1, 0.15) is 31.6 Å². The van der Waals surface area contributed by atoms with E-state index in [9.17, 15) is 9.59 Å². The molecule has 0 aliphatic carbocycles. The largest absolute Gasteiger partial charge is 0.382 e. The van der Waals surface area contributed by atoms with Gasteiger partial charge in [-0.2, -0.15) is 0 Å². The maximum atomic E-state index is 12.7. The third-order valence-electron chi connectivity index (χ3n) is 4.05. The molecule has 2 N–H and O–H groups in total. The minimum absolute atomic E-state index is 0.100. The van der Waals surface area contributed by atoms with Crippen molar-refractivity contribution in [3.05, 3.63) is 41.7 Å². The van der Waals surface area contributed by atoms with Crippen LogP contribution >= 0.6 is 0 Å². The standard InChI is InChI=1S/C20H28N4O4/c1-4-16-7-9-17(10-8-16)21-20(26)24(11-6-12-27-5-2)14-19(25)22-18-13-15(3)28-23-18/h7-10,13H,4-6,11-12,14H2,1-3H3,(H,21,26)(H,22,23,25). The summed E-state index contributed by atoms with van der Waals surface area (Å²) in [5.74, 6) is 0.575. The van der Waals surface area contributed by atoms with Crippen molar-refractivity contribution >= 4 is 23.4 Å². The van der Waals surface area contributed by atoms with Crippen molar-refractivity contribution in [1.82, 2.24) is 10.1 Å². The van der Waals surface area contributed by atoms with Crippen molar-refractivity contribution < 1.29 is 18.8 Å². The average molecular weight is 388 g/mol. The highest BCUT2D eigenvalue weighted by Crippen LogP contribution is 2.12. The summed E-state index contributed by atoms with van der Waals surface area (Å²) in [7, 11) is 0. The molecule has 0 radical (unpaired) electrons. The molecule has 2 aromatic rings. The second-order valence-electron chi connectivity index (χ2n) is 6.32. The fourth-order valence-electron chi connectivity index (χ4n) is 2.56. The molecule has 0 fully saturated rings. The fourth-order valence-corrected chi connectivity index (χ4v) is 2.56. The minimum Gasteiger partial charge on any atom is -0.382 e. The van der Waals surface area contributed by atoms with Gasteiger partial charge in [0, 0.05) is 31.5 Å². The van der Waals surface area contributed by atoms with Crippen LogP contribution in [0.3, 0.4) is 0 Å². The first-order chi connectivity index (χ1) is 13.5. The zero-order valence-corrected chi connectivity index (χ0v) is 16.7. The minimum atomic E-state index is -0.346. The van der Waals surface area contributed by atoms with Crippen LogP contribution in [0.5, 0.6) is 0 Å². The van der Waals surface area contributed by atoms with Crippen LogP contribution < -0.4 is 10.6 Å². The van der Waals surface area contributed by atoms with E-state index in [2.05, 4.69) is 22.7 Å². The number of aromatic nitrogens is 1. The smallest absolute Gasteiger partial charge is 0.322 e. The fraction of sp³-hybridized carbons (Fsp3) is 0.450. The van der Waals surface area contributed by atoms with Gasteiger partial charge >= 0.3 is 6.03 Å². The molecule has 0 bridgehead atoms. The van der Waals surface area contributed by atoms with Gasteiger partial charge in [0.25, 0.3) is 0 Å². The van der Waals surface area contributed by atoms with E-state index >= 15 is 0 Å². The van der Waals surface area contributed by atoms with Gasteiger partial charge in [0.15, 0.2) is 5.82 Å². The summed E-state index contributed by atoms with van der Waals surface area (Å²) in [6.07, 6.45) is 1.56. The van der Waals surface area contributed by atoms with Crippen LogP contribution in [-0.4, -0.2) is 48.3 Å². The van der Waals surface area contributed by atoms with Crippen LogP contribution in [-0.2, 0) is 16.0 Å². The lowest BCUT2D eigenvalue weighted by Gasteiger charge is -2.22. The molecule has 0 saturated heterocycles. The summed E-state index contributed by atoms with van der Waals surface area (Å²) in [5.41, 5.74) is 1.87. The summed E-state index contributed by atoms with van der Waals surface area (Å²) in [4.78, 5) is 26.5. The summed E-state index contributed by atoms with van der Waals surface area (Å²) in [6.45, 7) is 7.15. The van der Waals surface area contributed by atoms with E-state index in [-0.39, 0.29) is 18.5 Å². The Morgan fingerprint density at radius 1 is 1.18 bits per heavy atom. The van der Waals surface area contributed by atoms with Gasteiger partial charge < -0.3 is 24.8 Å². The molecule has 8 heteroatoms. The number of urea groups is 1. The number of carbonyl (C=O) groups excluding carboxylic acids is 2. The van der Waals surface area contributed by atoms with Crippen molar-refractivity contribution in [3.8, 4) is 0 Å². The Balaban J connectivity index is 1.97. The van der Waals surface area contributed by atoms with E-state index in [0.717, 1.165) is 6.42 Å². The molecule has 0 atom stereocenters. The summed E-state index contributed by atoms with van der Waals surface area (Å²) in [6, 6.07) is 8.92. The Morgan fingerprint density at radius 3 is 2.54 bits per heavy atom. The molecular formula is C20H28N4O4. The number of hydrogen-bond acceptors (Lipinski definition) is 5. The molecule has 1 aromatic carbocycles. The maximum absolute atomic E-state index is 12.7. The molecule has 0 unspecified atom stereocenters. The number of nitrogens with zero attached hydrogens (tertiary/aromatic N) is 2. The maximum Gasteiger partial charge on any atom is 0.322 e. The number of anilines is 2. The van der Waals surface area contributed by atoms with Gasteiger partial charge in [-0.1, -0.05) is 24.2 Å². The first-order valence-corrected chi connectivity index (χ1v) is 9.47. The predicted octanol–water partition coefficient (Wildman–Crippen LogP) is 3.44. The topological polar surface area (TPSA) is 96.7 Å². The Labute approximate surface area is 165 Å². The third kappa shape index (κ3) is 7.03. The van der Waals surface area contributed by atoms with Crippen molar-refractivity contribution in [2.75, 3.05) is 36.9 Å². The van der Waals surface area contributed by atoms with Crippen LogP contribution in [0.25, 0.3) is 0 Å². The van der Waals surface area contributed by atoms with Gasteiger partial charge in [-0.05, 0) is 44.4 Å². The molecule has 3 amide bonds. The molecule has 1 heterocycles. The number of benzene rings is 1. The number of ether oxygens (including phenoxy) is 1. The van der Waals surface area contributed by atoms with Crippen LogP contribution in [0.2, 0.25) is 0 Å². The molecule has 0 aliphatic heterocycles. The molecular weight excluding hydrogens is 360 g/mol. The van der Waals surface area contributed by atoms with Crippen LogP contribution in [0.15, 0.2) is 34.9 Å². The van der Waals surface area contributed by atoms with Crippen molar-refractivity contribution in [2.45, 2.75) is 33.6 Å². The summed E-state index contributed by atoms with van der Waals surface area (Å²) < 4.78 is 10.3. The number of nitrogens with one attached hydrogen (secondary N) is 2. The molecule has 0 spiro atoms. The molecule has 1 aromatic heterocycles.